The molecule has 1 atom stereocenters. The van der Waals surface area contributed by atoms with Crippen molar-refractivity contribution in [2.45, 2.75) is 18.9 Å². The molecule has 3 heterocycles. The minimum absolute atomic E-state index is 0.0496. The second-order valence-corrected chi connectivity index (χ2v) is 9.10. The topological polar surface area (TPSA) is 103 Å². The highest BCUT2D eigenvalue weighted by molar-refractivity contribution is 7.22. The molecule has 10 heteroatoms. The standard InChI is InChI=1S/C21H20ClFN6OS/c1-29-7-3-4-10(29)9-30-21-27-18-12(19(24)28-21)8-13(22)15(16(18)23)11-5-2-6-14-17(11)26-20(25)31-14/h2,5-6,8,10H,3-4,7,9H2,1H3,(H2,25,26)(H2,24,27,28)/t10-/m0/s1. The molecule has 1 aliphatic rings. The molecule has 4 aromatic rings. The Kier molecular flexibility index (Phi) is 5.04. The maximum Gasteiger partial charge on any atom is 0.319 e. The lowest BCUT2D eigenvalue weighted by Crippen LogP contribution is -2.30. The number of fused-ring (bicyclic) bond motifs is 2. The van der Waals surface area contributed by atoms with E-state index in [0.717, 1.165) is 24.1 Å². The predicted octanol–water partition coefficient (Wildman–Crippen LogP) is 4.34. The van der Waals surface area contributed by atoms with Crippen LogP contribution in [-0.2, 0) is 0 Å². The number of benzene rings is 2. The summed E-state index contributed by atoms with van der Waals surface area (Å²) in [5.74, 6) is -0.484. The van der Waals surface area contributed by atoms with Crippen molar-refractivity contribution in [1.29, 1.82) is 0 Å². The molecule has 4 N–H and O–H groups in total. The van der Waals surface area contributed by atoms with Gasteiger partial charge in [-0.05, 0) is 38.6 Å². The number of anilines is 2. The number of likely N-dealkylation sites (tertiary alicyclic amines) is 1. The van der Waals surface area contributed by atoms with E-state index in [0.29, 0.717) is 28.2 Å². The minimum Gasteiger partial charge on any atom is -0.462 e. The first-order chi connectivity index (χ1) is 14.9. The van der Waals surface area contributed by atoms with Crippen molar-refractivity contribution in [3.05, 3.63) is 35.1 Å². The Balaban J connectivity index is 1.61. The number of hydrogen-bond donors (Lipinski definition) is 2. The van der Waals surface area contributed by atoms with E-state index in [1.807, 2.05) is 12.1 Å². The van der Waals surface area contributed by atoms with Crippen LogP contribution in [0.4, 0.5) is 15.3 Å². The molecule has 1 saturated heterocycles. The first-order valence-corrected chi connectivity index (χ1v) is 11.1. The van der Waals surface area contributed by atoms with Gasteiger partial charge in [0.25, 0.3) is 0 Å². The zero-order chi connectivity index (χ0) is 21.7. The number of halogens is 2. The lowest BCUT2D eigenvalue weighted by Gasteiger charge is -2.19. The molecule has 1 aliphatic heterocycles. The summed E-state index contributed by atoms with van der Waals surface area (Å²) in [4.78, 5) is 15.1. The van der Waals surface area contributed by atoms with E-state index in [-0.39, 0.29) is 34.0 Å². The fourth-order valence-corrected chi connectivity index (χ4v) is 5.09. The maximum atomic E-state index is 15.8. The average Bonchev–Trinajstić information content (AvgIpc) is 3.32. The van der Waals surface area contributed by atoms with Crippen LogP contribution in [-0.4, -0.2) is 46.1 Å². The highest BCUT2D eigenvalue weighted by Crippen LogP contribution is 2.41. The zero-order valence-electron chi connectivity index (χ0n) is 16.7. The number of rotatable bonds is 4. The molecule has 0 saturated carbocycles. The first kappa shape index (κ1) is 20.2. The van der Waals surface area contributed by atoms with Crippen LogP contribution in [0.2, 0.25) is 5.02 Å². The van der Waals surface area contributed by atoms with Gasteiger partial charge in [-0.1, -0.05) is 35.1 Å². The Hall–Kier alpha value is -2.75. The molecule has 0 aliphatic carbocycles. The number of hydrogen-bond acceptors (Lipinski definition) is 8. The van der Waals surface area contributed by atoms with Crippen LogP contribution in [0.25, 0.3) is 32.2 Å². The van der Waals surface area contributed by atoms with Crippen molar-refractivity contribution in [1.82, 2.24) is 19.9 Å². The largest absolute Gasteiger partial charge is 0.462 e. The van der Waals surface area contributed by atoms with Crippen LogP contribution >= 0.6 is 22.9 Å². The molecule has 0 unspecified atom stereocenters. The molecule has 2 aromatic carbocycles. The van der Waals surface area contributed by atoms with Gasteiger partial charge in [0.2, 0.25) is 0 Å². The predicted molar refractivity (Wildman–Crippen MR) is 123 cm³/mol. The summed E-state index contributed by atoms with van der Waals surface area (Å²) in [6, 6.07) is 7.36. The third kappa shape index (κ3) is 3.52. The van der Waals surface area contributed by atoms with E-state index in [1.54, 1.807) is 12.1 Å². The number of nitrogen functional groups attached to an aromatic ring is 2. The van der Waals surface area contributed by atoms with Crippen LogP contribution in [0.15, 0.2) is 24.3 Å². The second-order valence-electron chi connectivity index (χ2n) is 7.63. The second kappa shape index (κ2) is 7.74. The molecule has 2 aromatic heterocycles. The molecule has 5 rings (SSSR count). The van der Waals surface area contributed by atoms with E-state index >= 15 is 4.39 Å². The summed E-state index contributed by atoms with van der Waals surface area (Å²) in [7, 11) is 2.05. The third-order valence-corrected chi connectivity index (χ3v) is 6.82. The molecule has 7 nitrogen and oxygen atoms in total. The van der Waals surface area contributed by atoms with Gasteiger partial charge in [-0.25, -0.2) is 9.37 Å². The van der Waals surface area contributed by atoms with Crippen LogP contribution in [0.3, 0.4) is 0 Å². The van der Waals surface area contributed by atoms with Gasteiger partial charge in [0, 0.05) is 22.6 Å². The van der Waals surface area contributed by atoms with Crippen LogP contribution in [0, 0.1) is 5.82 Å². The summed E-state index contributed by atoms with van der Waals surface area (Å²) >= 11 is 7.81. The Morgan fingerprint density at radius 1 is 1.26 bits per heavy atom. The van der Waals surface area contributed by atoms with E-state index in [2.05, 4.69) is 26.9 Å². The third-order valence-electron chi connectivity index (χ3n) is 5.67. The Bertz CT molecular complexity index is 1310. The van der Waals surface area contributed by atoms with Crippen molar-refractivity contribution in [3.63, 3.8) is 0 Å². The number of nitrogens with zero attached hydrogens (tertiary/aromatic N) is 4. The van der Waals surface area contributed by atoms with Gasteiger partial charge < -0.3 is 21.1 Å². The van der Waals surface area contributed by atoms with Gasteiger partial charge in [0.15, 0.2) is 10.9 Å². The summed E-state index contributed by atoms with van der Waals surface area (Å²) in [6.45, 7) is 1.44. The van der Waals surface area contributed by atoms with Gasteiger partial charge in [-0.15, -0.1) is 0 Å². The normalized spacial score (nSPS) is 17.1. The van der Waals surface area contributed by atoms with E-state index in [9.17, 15) is 0 Å². The van der Waals surface area contributed by atoms with Gasteiger partial charge in [-0.3, -0.25) is 0 Å². The van der Waals surface area contributed by atoms with Crippen molar-refractivity contribution in [3.8, 4) is 17.1 Å². The highest BCUT2D eigenvalue weighted by Gasteiger charge is 2.24. The van der Waals surface area contributed by atoms with Gasteiger partial charge in [0.1, 0.15) is 17.9 Å². The van der Waals surface area contributed by atoms with Crippen molar-refractivity contribution in [2.24, 2.45) is 0 Å². The summed E-state index contributed by atoms with van der Waals surface area (Å²) < 4.78 is 22.4. The van der Waals surface area contributed by atoms with Crippen molar-refractivity contribution in [2.75, 3.05) is 31.7 Å². The number of nitrogens with two attached hydrogens (primary N) is 2. The molecule has 0 amide bonds. The molecule has 0 radical (unpaired) electrons. The van der Waals surface area contributed by atoms with Gasteiger partial charge in [0.05, 0.1) is 15.2 Å². The Labute approximate surface area is 186 Å². The fraction of sp³-hybridized carbons (Fsp3) is 0.286. The number of likely N-dealkylation sites (N-methyl/N-ethyl adjacent to an activating group) is 1. The Morgan fingerprint density at radius 2 is 2.10 bits per heavy atom. The molecule has 0 spiro atoms. The van der Waals surface area contributed by atoms with Gasteiger partial charge >= 0.3 is 6.01 Å². The molecular formula is C21H20ClFN6OS. The SMILES string of the molecule is CN1CCC[C@H]1COc1nc(N)c2cc(Cl)c(-c3cccc4sc(N)nc34)c(F)c2n1. The average molecular weight is 459 g/mol. The van der Waals surface area contributed by atoms with E-state index in [4.69, 9.17) is 27.8 Å². The van der Waals surface area contributed by atoms with Crippen LogP contribution < -0.4 is 16.2 Å². The summed E-state index contributed by atoms with van der Waals surface area (Å²) in [5, 5.41) is 0.932. The molecule has 160 valence electrons. The zero-order valence-corrected chi connectivity index (χ0v) is 18.3. The molecule has 31 heavy (non-hydrogen) atoms. The van der Waals surface area contributed by atoms with Crippen LogP contribution in [0.5, 0.6) is 6.01 Å². The maximum absolute atomic E-state index is 15.8. The lowest BCUT2D eigenvalue weighted by molar-refractivity contribution is 0.188. The lowest BCUT2D eigenvalue weighted by atomic mass is 10.0. The van der Waals surface area contributed by atoms with Gasteiger partial charge in [-0.2, -0.15) is 9.97 Å². The summed E-state index contributed by atoms with van der Waals surface area (Å²) in [6.07, 6.45) is 2.16. The van der Waals surface area contributed by atoms with E-state index < -0.39 is 5.82 Å². The van der Waals surface area contributed by atoms with E-state index in [1.165, 1.54) is 11.3 Å². The number of ether oxygens (including phenoxy) is 1. The van der Waals surface area contributed by atoms with Crippen molar-refractivity contribution < 1.29 is 9.13 Å². The number of para-hydroxylation sites is 1. The smallest absolute Gasteiger partial charge is 0.319 e. The van der Waals surface area contributed by atoms with Crippen LogP contribution in [0.1, 0.15) is 12.8 Å². The Morgan fingerprint density at radius 3 is 2.87 bits per heavy atom. The number of thiazole rings is 1. The molecule has 0 bridgehead atoms. The highest BCUT2D eigenvalue weighted by atomic mass is 35.5. The quantitative estimate of drug-likeness (QED) is 0.469. The minimum atomic E-state index is -0.599. The summed E-state index contributed by atoms with van der Waals surface area (Å²) in [5.41, 5.74) is 13.3. The first-order valence-electron chi connectivity index (χ1n) is 9.86. The molecule has 1 fully saturated rings. The molecular weight excluding hydrogens is 439 g/mol. The fourth-order valence-electron chi connectivity index (χ4n) is 4.04. The monoisotopic (exact) mass is 458 g/mol. The number of aromatic nitrogens is 3. The van der Waals surface area contributed by atoms with Crippen molar-refractivity contribution >= 4 is 55.0 Å².